The zero-order valence-corrected chi connectivity index (χ0v) is 16.8. The minimum absolute atomic E-state index is 0.00534. The molecule has 29 heavy (non-hydrogen) atoms. The van der Waals surface area contributed by atoms with Gasteiger partial charge in [0.25, 0.3) is 11.8 Å². The number of rotatable bonds is 4. The summed E-state index contributed by atoms with van der Waals surface area (Å²) in [6, 6.07) is 7.21. The minimum atomic E-state index is -0.0773. The highest BCUT2D eigenvalue weighted by Crippen LogP contribution is 2.19. The number of likely N-dealkylation sites (N-methyl/N-ethyl adjacent to an activating group) is 1. The maximum absolute atomic E-state index is 12.9. The molecule has 0 aliphatic carbocycles. The number of hydrogen-bond acceptors (Lipinski definition) is 6. The van der Waals surface area contributed by atoms with Gasteiger partial charge in [0, 0.05) is 64.2 Å². The molecule has 0 spiro atoms. The Morgan fingerprint density at radius 2 is 1.66 bits per heavy atom. The van der Waals surface area contributed by atoms with E-state index in [4.69, 9.17) is 4.42 Å². The van der Waals surface area contributed by atoms with Crippen LogP contribution in [-0.4, -0.2) is 90.4 Å². The molecule has 0 radical (unpaired) electrons. The molecule has 2 aromatic rings. The molecule has 2 fully saturated rings. The molecule has 8 nitrogen and oxygen atoms in total. The lowest BCUT2D eigenvalue weighted by atomic mass is 10.2. The summed E-state index contributed by atoms with van der Waals surface area (Å²) in [6.45, 7) is 9.11. The van der Waals surface area contributed by atoms with Gasteiger partial charge in [0.05, 0.1) is 6.26 Å². The van der Waals surface area contributed by atoms with Crippen molar-refractivity contribution in [2.75, 3.05) is 63.8 Å². The normalized spacial score (nSPS) is 18.2. The second kappa shape index (κ2) is 8.65. The number of nitrogens with zero attached hydrogens (tertiary/aromatic N) is 5. The van der Waals surface area contributed by atoms with Crippen molar-refractivity contribution in [2.24, 2.45) is 0 Å². The summed E-state index contributed by atoms with van der Waals surface area (Å²) in [5.41, 5.74) is 1.46. The third-order valence-corrected chi connectivity index (χ3v) is 5.73. The van der Waals surface area contributed by atoms with Crippen molar-refractivity contribution in [2.45, 2.75) is 6.92 Å². The number of carbonyl (C=O) groups excluding carboxylic acids is 2. The summed E-state index contributed by atoms with van der Waals surface area (Å²) in [6.07, 6.45) is 3.21. The van der Waals surface area contributed by atoms with Crippen molar-refractivity contribution in [3.05, 3.63) is 48.2 Å². The van der Waals surface area contributed by atoms with Crippen LogP contribution in [0.5, 0.6) is 0 Å². The van der Waals surface area contributed by atoms with Crippen LogP contribution in [0.1, 0.15) is 28.0 Å². The number of piperazine rings is 2. The molecule has 0 bridgehead atoms. The van der Waals surface area contributed by atoms with Crippen LogP contribution in [0.3, 0.4) is 0 Å². The Balaban J connectivity index is 1.37. The van der Waals surface area contributed by atoms with Crippen LogP contribution in [0.4, 0.5) is 5.69 Å². The smallest absolute Gasteiger partial charge is 0.289 e. The van der Waals surface area contributed by atoms with Crippen molar-refractivity contribution in [1.82, 2.24) is 19.7 Å². The average Bonchev–Trinajstić information content (AvgIpc) is 3.33. The van der Waals surface area contributed by atoms with Gasteiger partial charge < -0.3 is 24.0 Å². The van der Waals surface area contributed by atoms with E-state index >= 15 is 0 Å². The lowest BCUT2D eigenvalue weighted by Crippen LogP contribution is -2.49. The summed E-state index contributed by atoms with van der Waals surface area (Å²) >= 11 is 0. The summed E-state index contributed by atoms with van der Waals surface area (Å²) in [5.74, 6) is 0.291. The molecule has 0 N–H and O–H groups in total. The summed E-state index contributed by atoms with van der Waals surface area (Å²) in [5, 5.41) is 0. The van der Waals surface area contributed by atoms with Crippen LogP contribution in [0.25, 0.3) is 0 Å². The molecule has 2 aromatic heterocycles. The second-order valence-electron chi connectivity index (χ2n) is 7.38. The van der Waals surface area contributed by atoms with Gasteiger partial charge in [-0.3, -0.25) is 14.6 Å². The predicted octanol–water partition coefficient (Wildman–Crippen LogP) is 1.41. The number of hydrogen-bond donors (Lipinski definition) is 0. The van der Waals surface area contributed by atoms with Gasteiger partial charge in [-0.2, -0.15) is 0 Å². The number of anilines is 1. The molecular weight excluding hydrogens is 370 g/mol. The quantitative estimate of drug-likeness (QED) is 0.777. The Morgan fingerprint density at radius 3 is 2.31 bits per heavy atom. The fourth-order valence-electron chi connectivity index (χ4n) is 3.89. The number of aromatic nitrogens is 1. The van der Waals surface area contributed by atoms with E-state index in [2.05, 4.69) is 21.7 Å². The van der Waals surface area contributed by atoms with Crippen molar-refractivity contribution < 1.29 is 14.0 Å². The highest BCUT2D eigenvalue weighted by atomic mass is 16.3. The molecule has 8 heteroatoms. The summed E-state index contributed by atoms with van der Waals surface area (Å²) in [4.78, 5) is 37.8. The first-order valence-electron chi connectivity index (χ1n) is 10.2. The molecule has 2 saturated heterocycles. The first-order valence-corrected chi connectivity index (χ1v) is 10.2. The Bertz CT molecular complexity index is 838. The lowest BCUT2D eigenvalue weighted by molar-refractivity contribution is 0.0637. The third kappa shape index (κ3) is 4.27. The van der Waals surface area contributed by atoms with Crippen LogP contribution < -0.4 is 4.90 Å². The lowest BCUT2D eigenvalue weighted by Gasteiger charge is -2.36. The Kier molecular flexibility index (Phi) is 5.80. The van der Waals surface area contributed by atoms with E-state index in [1.807, 2.05) is 17.0 Å². The van der Waals surface area contributed by atoms with Gasteiger partial charge in [0.2, 0.25) is 0 Å². The maximum Gasteiger partial charge on any atom is 0.289 e. The Labute approximate surface area is 170 Å². The van der Waals surface area contributed by atoms with Gasteiger partial charge in [0.1, 0.15) is 5.69 Å². The van der Waals surface area contributed by atoms with Crippen LogP contribution in [0, 0.1) is 0 Å². The van der Waals surface area contributed by atoms with E-state index < -0.39 is 0 Å². The SMILES string of the molecule is CCN1CCN(C(=O)c2cc(N3CCN(C(=O)c4ccco4)CC3)ccn2)CC1. The average molecular weight is 397 g/mol. The summed E-state index contributed by atoms with van der Waals surface area (Å²) < 4.78 is 5.22. The molecule has 4 heterocycles. The molecule has 0 unspecified atom stereocenters. The first-order chi connectivity index (χ1) is 14.2. The molecule has 2 aliphatic heterocycles. The van der Waals surface area contributed by atoms with Crippen molar-refractivity contribution in [3.63, 3.8) is 0 Å². The van der Waals surface area contributed by atoms with E-state index in [0.717, 1.165) is 38.4 Å². The van der Waals surface area contributed by atoms with Crippen LogP contribution in [0.2, 0.25) is 0 Å². The van der Waals surface area contributed by atoms with Crippen molar-refractivity contribution >= 4 is 17.5 Å². The minimum Gasteiger partial charge on any atom is -0.459 e. The van der Waals surface area contributed by atoms with Gasteiger partial charge in [-0.1, -0.05) is 6.92 Å². The summed E-state index contributed by atoms with van der Waals surface area (Å²) in [7, 11) is 0. The highest BCUT2D eigenvalue weighted by molar-refractivity contribution is 5.93. The van der Waals surface area contributed by atoms with Crippen LogP contribution >= 0.6 is 0 Å². The number of furan rings is 1. The van der Waals surface area contributed by atoms with Crippen LogP contribution in [0.15, 0.2) is 41.1 Å². The van der Waals surface area contributed by atoms with E-state index in [1.54, 1.807) is 23.2 Å². The number of amides is 2. The Morgan fingerprint density at radius 1 is 0.966 bits per heavy atom. The maximum atomic E-state index is 12.9. The Hall–Kier alpha value is -2.87. The zero-order valence-electron chi connectivity index (χ0n) is 16.8. The molecular formula is C21H27N5O3. The van der Waals surface area contributed by atoms with E-state index in [9.17, 15) is 9.59 Å². The topological polar surface area (TPSA) is 73.1 Å². The number of carbonyl (C=O) groups is 2. The fourth-order valence-corrected chi connectivity index (χ4v) is 3.89. The predicted molar refractivity (Wildman–Crippen MR) is 109 cm³/mol. The monoisotopic (exact) mass is 397 g/mol. The second-order valence-corrected chi connectivity index (χ2v) is 7.38. The third-order valence-electron chi connectivity index (χ3n) is 5.73. The van der Waals surface area contributed by atoms with Gasteiger partial charge in [-0.25, -0.2) is 0 Å². The van der Waals surface area contributed by atoms with E-state index in [-0.39, 0.29) is 11.8 Å². The fraction of sp³-hybridized carbons (Fsp3) is 0.476. The largest absolute Gasteiger partial charge is 0.459 e. The molecule has 2 amide bonds. The molecule has 0 atom stereocenters. The van der Waals surface area contributed by atoms with Gasteiger partial charge in [0.15, 0.2) is 5.76 Å². The highest BCUT2D eigenvalue weighted by Gasteiger charge is 2.26. The van der Waals surface area contributed by atoms with Crippen molar-refractivity contribution in [3.8, 4) is 0 Å². The van der Waals surface area contributed by atoms with E-state index in [1.165, 1.54) is 6.26 Å². The molecule has 4 rings (SSSR count). The molecule has 154 valence electrons. The first kappa shape index (κ1) is 19.4. The van der Waals surface area contributed by atoms with E-state index in [0.29, 0.717) is 37.6 Å². The van der Waals surface area contributed by atoms with Gasteiger partial charge >= 0.3 is 0 Å². The van der Waals surface area contributed by atoms with Crippen LogP contribution in [-0.2, 0) is 0 Å². The zero-order chi connectivity index (χ0) is 20.2. The van der Waals surface area contributed by atoms with Crippen molar-refractivity contribution in [1.29, 1.82) is 0 Å². The molecule has 0 saturated carbocycles. The molecule has 2 aliphatic rings. The number of pyridine rings is 1. The van der Waals surface area contributed by atoms with Gasteiger partial charge in [-0.05, 0) is 30.8 Å². The standard InChI is InChI=1S/C21H27N5O3/c1-2-23-7-9-25(10-8-23)20(27)18-16-17(5-6-22-18)24-11-13-26(14-12-24)21(28)19-4-3-15-29-19/h3-6,15-16H,2,7-14H2,1H3. The van der Waals surface area contributed by atoms with Gasteiger partial charge in [-0.15, -0.1) is 0 Å². The molecule has 0 aromatic carbocycles.